The summed E-state index contributed by atoms with van der Waals surface area (Å²) in [5.41, 5.74) is 21.6. The molecular weight excluding hydrogens is 1560 g/mol. The Morgan fingerprint density at radius 2 is 0.500 bits per heavy atom. The van der Waals surface area contributed by atoms with E-state index < -0.39 is 0 Å². The molecule has 4 atom stereocenters. The van der Waals surface area contributed by atoms with Gasteiger partial charge in [0.1, 0.15) is 23.0 Å². The topological polar surface area (TPSA) is 86.8 Å². The van der Waals surface area contributed by atoms with E-state index in [1.54, 1.807) is 28.4 Å². The number of piperidine rings is 4. The Kier molecular flexibility index (Phi) is 38.5. The third kappa shape index (κ3) is 30.3. The van der Waals surface area contributed by atoms with Crippen LogP contribution in [0.25, 0.3) is 0 Å². The Bertz CT molecular complexity index is 4480. The fourth-order valence-electron chi connectivity index (χ4n) is 16.6. The summed E-state index contributed by atoms with van der Waals surface area (Å²) in [6, 6.07) is 46.2. The average Bonchev–Trinajstić information content (AvgIpc) is 0.777. The highest BCUT2D eigenvalue weighted by molar-refractivity contribution is 7.57. The fourth-order valence-corrected chi connectivity index (χ4v) is 22.1. The summed E-state index contributed by atoms with van der Waals surface area (Å²) in [5, 5.41) is 10.8. The minimum atomic E-state index is -0.0204. The van der Waals surface area contributed by atoms with Crippen LogP contribution >= 0.6 is 34.3 Å². The summed E-state index contributed by atoms with van der Waals surface area (Å²) in [6.45, 7) is 59.8. The van der Waals surface area contributed by atoms with Crippen LogP contribution in [-0.2, 0) is 66.8 Å². The SMILES string of the molecule is COCOc1c(C)cc(C(C)(C)C)cc1Pc1ccc(C)cc1CN1CCCCC1.COCOc1c(C)cc(C)cc1Pc1ccc(C)cc1CN1CCCCC1.COCOc1c(Pc2ccc(C)cc2CN2CCCCC2)cc(C(C)(C)C)cc1C(C)(C)C.COCOc1c(Pc2ccc(C)cc2CN2CCCCC2)cc(C)cc1C(C)(C)C. The number of ether oxygens (including phenoxy) is 8. The Morgan fingerprint density at radius 1 is 0.250 bits per heavy atom. The predicted molar refractivity (Wildman–Crippen MR) is 521 cm³/mol. The van der Waals surface area contributed by atoms with E-state index in [4.69, 9.17) is 37.9 Å². The monoisotopic (exact) mass is 1710 g/mol. The van der Waals surface area contributed by atoms with Crippen molar-refractivity contribution < 1.29 is 37.9 Å². The number of likely N-dealkylation sites (tertiary alicyclic amines) is 4. The first kappa shape index (κ1) is 98.2. The molecule has 0 saturated carbocycles. The average molecular weight is 1710 g/mol. The second-order valence-corrected chi connectivity index (χ2v) is 43.7. The van der Waals surface area contributed by atoms with Crippen LogP contribution in [0.4, 0.5) is 0 Å². The van der Waals surface area contributed by atoms with E-state index in [1.807, 2.05) is 0 Å². The van der Waals surface area contributed by atoms with E-state index in [0.717, 1.165) is 49.2 Å². The van der Waals surface area contributed by atoms with E-state index in [0.29, 0.717) is 34.3 Å². The lowest BCUT2D eigenvalue weighted by atomic mass is 9.80. The van der Waals surface area contributed by atoms with Crippen molar-refractivity contribution in [3.05, 3.63) is 210 Å². The van der Waals surface area contributed by atoms with Crippen LogP contribution < -0.4 is 61.4 Å². The highest BCUT2D eigenvalue weighted by atomic mass is 31.1. The predicted octanol–water partition coefficient (Wildman–Crippen LogP) is 20.8. The van der Waals surface area contributed by atoms with E-state index in [2.05, 4.69) is 279 Å². The first-order valence-corrected chi connectivity index (χ1v) is 48.5. The van der Waals surface area contributed by atoms with Gasteiger partial charge in [-0.1, -0.05) is 262 Å². The lowest BCUT2D eigenvalue weighted by Gasteiger charge is -2.30. The Balaban J connectivity index is 0.000000182. The number of methoxy groups -OCH3 is 4. The number of hydrogen-bond acceptors (Lipinski definition) is 12. The molecule has 16 heteroatoms. The number of nitrogens with zero attached hydrogens (tertiary/aromatic N) is 4. The molecule has 4 aliphatic heterocycles. The number of rotatable bonds is 28. The maximum atomic E-state index is 6.27. The summed E-state index contributed by atoms with van der Waals surface area (Å²) < 4.78 is 45.4. The molecule has 4 fully saturated rings. The van der Waals surface area contributed by atoms with Crippen LogP contribution in [0.2, 0.25) is 0 Å². The van der Waals surface area contributed by atoms with Gasteiger partial charge in [-0.15, -0.1) is 0 Å². The minimum absolute atomic E-state index is 0.0121. The molecule has 0 amide bonds. The smallest absolute Gasteiger partial charge is 0.188 e. The van der Waals surface area contributed by atoms with Crippen molar-refractivity contribution in [1.29, 1.82) is 0 Å². The molecule has 12 rings (SSSR count). The van der Waals surface area contributed by atoms with Gasteiger partial charge in [-0.2, -0.15) is 0 Å². The maximum Gasteiger partial charge on any atom is 0.188 e. The molecule has 0 aromatic heterocycles. The van der Waals surface area contributed by atoms with Crippen molar-refractivity contribution in [2.45, 2.75) is 263 Å². The molecule has 4 saturated heterocycles. The number of aryl methyl sites for hydroxylation is 8. The molecule has 0 radical (unpaired) electrons. The van der Waals surface area contributed by atoms with E-state index in [1.165, 1.54) is 261 Å². The molecule has 0 bridgehead atoms. The van der Waals surface area contributed by atoms with Crippen LogP contribution in [0.5, 0.6) is 23.0 Å². The van der Waals surface area contributed by atoms with Gasteiger partial charge in [0.25, 0.3) is 0 Å². The number of hydrogen-bond donors (Lipinski definition) is 0. The molecule has 4 heterocycles. The third-order valence-corrected chi connectivity index (χ3v) is 28.7. The zero-order valence-corrected chi connectivity index (χ0v) is 82.4. The zero-order chi connectivity index (χ0) is 86.9. The normalized spacial score (nSPS) is 15.8. The van der Waals surface area contributed by atoms with Gasteiger partial charge in [-0.05, 0) is 282 Å². The quantitative estimate of drug-likeness (QED) is 0.0346. The molecule has 8 aromatic carbocycles. The Morgan fingerprint density at radius 3 is 0.792 bits per heavy atom. The Labute approximate surface area is 734 Å². The molecule has 4 aliphatic rings. The first-order chi connectivity index (χ1) is 57.1. The van der Waals surface area contributed by atoms with Crippen molar-refractivity contribution in [3.8, 4) is 23.0 Å². The van der Waals surface area contributed by atoms with Gasteiger partial charge in [0.05, 0.1) is 0 Å². The lowest BCUT2D eigenvalue weighted by molar-refractivity contribution is 0.0504. The highest BCUT2D eigenvalue weighted by Gasteiger charge is 2.30. The van der Waals surface area contributed by atoms with E-state index >= 15 is 0 Å². The van der Waals surface area contributed by atoms with Crippen LogP contribution in [-0.4, -0.2) is 128 Å². The van der Waals surface area contributed by atoms with Gasteiger partial charge in [-0.3, -0.25) is 19.6 Å². The third-order valence-electron chi connectivity index (χ3n) is 23.1. The molecule has 656 valence electrons. The van der Waals surface area contributed by atoms with Gasteiger partial charge >= 0.3 is 0 Å². The molecule has 120 heavy (non-hydrogen) atoms. The highest BCUT2D eigenvalue weighted by Crippen LogP contribution is 2.40. The molecule has 4 unspecified atom stereocenters. The second-order valence-electron chi connectivity index (χ2n) is 38.4. The van der Waals surface area contributed by atoms with Gasteiger partial charge in [-0.25, -0.2) is 0 Å². The van der Waals surface area contributed by atoms with Crippen molar-refractivity contribution in [1.82, 2.24) is 19.6 Å². The summed E-state index contributed by atoms with van der Waals surface area (Å²) in [5.74, 6) is 3.95. The minimum Gasteiger partial charge on any atom is -0.467 e. The molecule has 8 aromatic rings. The van der Waals surface area contributed by atoms with Crippen LogP contribution in [0.15, 0.2) is 121 Å². The maximum absolute atomic E-state index is 6.27. The standard InChI is InChI=1S/C29H44NO2P.2C26H38NO2P.C23H32NO2P/c1-21-12-13-25(22(16-21)19-30-14-10-9-11-15-30)33-26-18-23(28(2,3)4)17-24(29(5,6)7)27(26)32-20-31-8;1-19-10-11-23(21(14-19)17-27-12-8-7-9-13-27)30-24-16-22(26(3,4)5)15-20(2)25(24)29-18-28-6;1-19-10-11-23(21(14-19)17-27-12-8-7-9-13-27)30-24-16-20(2)15-22(26(3,4)5)25(24)29-18-28-6;1-17-8-9-21(20(13-17)15-24-10-6-5-7-11-24)27-22-14-18(2)12-19(3)23(22)26-16-25-4/h12-13,16-18,33H,9-11,14-15,19-20H2,1-8H3;2*10-11,14-16,30H,7-9,12-13,17-18H2,1-6H3;8-9,12-14,27H,5-7,10-11,15-16H2,1-4H3. The van der Waals surface area contributed by atoms with E-state index in [9.17, 15) is 0 Å². The fraction of sp³-hybridized carbons (Fsp3) is 0.538. The Hall–Kier alpha value is -5.64. The van der Waals surface area contributed by atoms with Crippen molar-refractivity contribution >= 4 is 76.8 Å². The van der Waals surface area contributed by atoms with Gasteiger partial charge in [0, 0.05) is 87.0 Å². The van der Waals surface area contributed by atoms with Crippen LogP contribution in [0.3, 0.4) is 0 Å². The first-order valence-electron chi connectivity index (χ1n) is 44.5. The summed E-state index contributed by atoms with van der Waals surface area (Å²) in [4.78, 5) is 10.5. The summed E-state index contributed by atoms with van der Waals surface area (Å²) in [7, 11) is 9.00. The number of benzene rings is 8. The molecular formula is C104H152N4O8P4. The van der Waals surface area contributed by atoms with E-state index in [-0.39, 0.29) is 48.8 Å². The van der Waals surface area contributed by atoms with Crippen molar-refractivity contribution in [2.75, 3.05) is 108 Å². The van der Waals surface area contributed by atoms with Crippen LogP contribution in [0.1, 0.15) is 249 Å². The van der Waals surface area contributed by atoms with Gasteiger partial charge < -0.3 is 37.9 Å². The largest absolute Gasteiger partial charge is 0.467 e. The molecule has 0 N–H and O–H groups in total. The second kappa shape index (κ2) is 47.1. The zero-order valence-electron chi connectivity index (χ0n) is 78.4. The molecule has 12 nitrogen and oxygen atoms in total. The summed E-state index contributed by atoms with van der Waals surface area (Å²) in [6.07, 6.45) is 16.1. The summed E-state index contributed by atoms with van der Waals surface area (Å²) >= 11 is 0. The van der Waals surface area contributed by atoms with Crippen molar-refractivity contribution in [2.24, 2.45) is 0 Å². The molecule has 0 spiro atoms. The molecule has 0 aliphatic carbocycles. The van der Waals surface area contributed by atoms with Crippen LogP contribution in [0, 0.1) is 55.4 Å². The lowest BCUT2D eigenvalue weighted by Crippen LogP contribution is -2.31. The van der Waals surface area contributed by atoms with Gasteiger partial charge in [0.15, 0.2) is 27.2 Å². The van der Waals surface area contributed by atoms with Gasteiger partial charge in [0.2, 0.25) is 0 Å². The van der Waals surface area contributed by atoms with Crippen molar-refractivity contribution in [3.63, 3.8) is 0 Å².